The summed E-state index contributed by atoms with van der Waals surface area (Å²) in [5.74, 6) is 0.811. The van der Waals surface area contributed by atoms with E-state index < -0.39 is 0 Å². The lowest BCUT2D eigenvalue weighted by atomic mass is 9.93. The van der Waals surface area contributed by atoms with Gasteiger partial charge >= 0.3 is 0 Å². The molecule has 2 aromatic rings. The fraction of sp³-hybridized carbons (Fsp3) is 0.500. The van der Waals surface area contributed by atoms with E-state index in [0.29, 0.717) is 5.56 Å². The first kappa shape index (κ1) is 18.4. The van der Waals surface area contributed by atoms with E-state index in [0.717, 1.165) is 44.1 Å². The number of nitrogens with zero attached hydrogens (tertiary/aromatic N) is 5. The van der Waals surface area contributed by atoms with Crippen molar-refractivity contribution in [2.24, 2.45) is 5.92 Å². The average Bonchev–Trinajstić information content (AvgIpc) is 3.14. The number of likely N-dealkylation sites (tertiary alicyclic amines) is 1. The van der Waals surface area contributed by atoms with Gasteiger partial charge in [-0.2, -0.15) is 0 Å². The van der Waals surface area contributed by atoms with E-state index in [1.54, 1.807) is 4.68 Å². The predicted molar refractivity (Wildman–Crippen MR) is 93.6 cm³/mol. The Balaban J connectivity index is 0.00000208. The molecule has 0 radical (unpaired) electrons. The number of hydrogen-bond donors (Lipinski definition) is 1. The van der Waals surface area contributed by atoms with Crippen LogP contribution < -0.4 is 5.32 Å². The Hall–Kier alpha value is -1.99. The van der Waals surface area contributed by atoms with Gasteiger partial charge in [-0.25, -0.2) is 4.68 Å². The molecule has 0 spiro atoms. The van der Waals surface area contributed by atoms with E-state index >= 15 is 0 Å². The van der Waals surface area contributed by atoms with Crippen molar-refractivity contribution in [1.29, 1.82) is 0 Å². The minimum Gasteiger partial charge on any atom is -0.339 e. The van der Waals surface area contributed by atoms with Crippen LogP contribution in [-0.4, -0.2) is 57.7 Å². The number of nitrogens with one attached hydrogen (secondary N) is 1. The molecular formula is C16H23ClN6O. The summed E-state index contributed by atoms with van der Waals surface area (Å²) in [5, 5.41) is 14.3. The van der Waals surface area contributed by atoms with Crippen LogP contribution in [-0.2, 0) is 0 Å². The third kappa shape index (κ3) is 4.30. The van der Waals surface area contributed by atoms with Crippen molar-refractivity contribution in [2.45, 2.75) is 19.3 Å². The van der Waals surface area contributed by atoms with Crippen LogP contribution in [0.4, 0.5) is 0 Å². The van der Waals surface area contributed by atoms with Gasteiger partial charge in [0.15, 0.2) is 0 Å². The number of hydrogen-bond acceptors (Lipinski definition) is 5. The number of aromatic nitrogens is 4. The molecule has 1 amide bonds. The summed E-state index contributed by atoms with van der Waals surface area (Å²) >= 11 is 0. The highest BCUT2D eigenvalue weighted by Gasteiger charge is 2.23. The number of carbonyl (C=O) groups excluding carboxylic acids is 1. The Morgan fingerprint density at radius 2 is 2.12 bits per heavy atom. The predicted octanol–water partition coefficient (Wildman–Crippen LogP) is 1.55. The number of rotatable bonds is 5. The lowest BCUT2D eigenvalue weighted by Gasteiger charge is -2.32. The van der Waals surface area contributed by atoms with E-state index in [9.17, 15) is 4.79 Å². The summed E-state index contributed by atoms with van der Waals surface area (Å²) in [6.45, 7) is 2.72. The molecule has 1 aromatic heterocycles. The van der Waals surface area contributed by atoms with Gasteiger partial charge in [0.05, 0.1) is 5.69 Å². The van der Waals surface area contributed by atoms with Gasteiger partial charge < -0.3 is 10.2 Å². The van der Waals surface area contributed by atoms with Gasteiger partial charge in [-0.1, -0.05) is 6.07 Å². The zero-order valence-corrected chi connectivity index (χ0v) is 14.6. The zero-order chi connectivity index (χ0) is 16.1. The lowest BCUT2D eigenvalue weighted by molar-refractivity contribution is 0.0687. The molecular weight excluding hydrogens is 328 g/mol. The topological polar surface area (TPSA) is 75.9 Å². The smallest absolute Gasteiger partial charge is 0.253 e. The molecule has 2 heterocycles. The van der Waals surface area contributed by atoms with Crippen molar-refractivity contribution in [3.05, 3.63) is 36.2 Å². The van der Waals surface area contributed by atoms with Crippen LogP contribution in [0.2, 0.25) is 0 Å². The van der Waals surface area contributed by atoms with Crippen molar-refractivity contribution in [3.63, 3.8) is 0 Å². The number of amides is 1. The summed E-state index contributed by atoms with van der Waals surface area (Å²) in [7, 11) is 1.98. The summed E-state index contributed by atoms with van der Waals surface area (Å²) in [5.41, 5.74) is 1.48. The molecule has 8 heteroatoms. The Kier molecular flexibility index (Phi) is 6.69. The third-order valence-electron chi connectivity index (χ3n) is 4.41. The van der Waals surface area contributed by atoms with Gasteiger partial charge in [0.1, 0.15) is 6.33 Å². The van der Waals surface area contributed by atoms with Gasteiger partial charge in [0.25, 0.3) is 5.91 Å². The molecule has 0 bridgehead atoms. The number of benzene rings is 1. The maximum Gasteiger partial charge on any atom is 0.253 e. The fourth-order valence-electron chi connectivity index (χ4n) is 3.02. The van der Waals surface area contributed by atoms with Gasteiger partial charge in [-0.3, -0.25) is 4.79 Å². The lowest BCUT2D eigenvalue weighted by Crippen LogP contribution is -2.39. The van der Waals surface area contributed by atoms with Gasteiger partial charge in [0, 0.05) is 18.7 Å². The minimum atomic E-state index is 0. The summed E-state index contributed by atoms with van der Waals surface area (Å²) in [6.07, 6.45) is 4.88. The summed E-state index contributed by atoms with van der Waals surface area (Å²) < 4.78 is 1.56. The molecule has 1 saturated heterocycles. The highest BCUT2D eigenvalue weighted by atomic mass is 35.5. The van der Waals surface area contributed by atoms with E-state index in [1.807, 2.05) is 36.2 Å². The maximum atomic E-state index is 12.7. The van der Waals surface area contributed by atoms with Gasteiger partial charge in [-0.05, 0) is 67.4 Å². The minimum absolute atomic E-state index is 0. The zero-order valence-electron chi connectivity index (χ0n) is 13.8. The molecule has 1 aliphatic heterocycles. The average molecular weight is 351 g/mol. The summed E-state index contributed by atoms with van der Waals surface area (Å²) in [6, 6.07) is 7.44. The number of piperidine rings is 1. The van der Waals surface area contributed by atoms with Crippen LogP contribution in [0, 0.1) is 5.92 Å². The number of carbonyl (C=O) groups is 1. The van der Waals surface area contributed by atoms with E-state index in [2.05, 4.69) is 20.8 Å². The van der Waals surface area contributed by atoms with Crippen molar-refractivity contribution in [2.75, 3.05) is 26.7 Å². The first-order chi connectivity index (χ1) is 11.3. The SMILES string of the molecule is CNCCC1CCN(C(=O)c2cccc(-n3cnnn3)c2)CC1.Cl. The third-order valence-corrected chi connectivity index (χ3v) is 4.41. The Labute approximate surface area is 147 Å². The highest BCUT2D eigenvalue weighted by Crippen LogP contribution is 2.22. The van der Waals surface area contributed by atoms with Crippen LogP contribution >= 0.6 is 12.4 Å². The molecule has 0 saturated carbocycles. The monoisotopic (exact) mass is 350 g/mol. The number of tetrazole rings is 1. The van der Waals surface area contributed by atoms with E-state index in [1.165, 1.54) is 12.7 Å². The molecule has 1 N–H and O–H groups in total. The largest absolute Gasteiger partial charge is 0.339 e. The van der Waals surface area contributed by atoms with Crippen LogP contribution in [0.25, 0.3) is 5.69 Å². The molecule has 0 atom stereocenters. The van der Waals surface area contributed by atoms with E-state index in [4.69, 9.17) is 0 Å². The fourth-order valence-corrected chi connectivity index (χ4v) is 3.02. The van der Waals surface area contributed by atoms with Gasteiger partial charge in [0.2, 0.25) is 0 Å². The quantitative estimate of drug-likeness (QED) is 0.885. The molecule has 0 unspecified atom stereocenters. The molecule has 3 rings (SSSR count). The molecule has 7 nitrogen and oxygen atoms in total. The standard InChI is InChI=1S/C16H22N6O.ClH/c1-17-8-5-13-6-9-21(10-7-13)16(23)14-3-2-4-15(11-14)22-12-18-19-20-22;/h2-4,11-13,17H,5-10H2,1H3;1H. The van der Waals surface area contributed by atoms with Crippen LogP contribution in [0.3, 0.4) is 0 Å². The first-order valence-electron chi connectivity index (χ1n) is 8.05. The number of halogens is 1. The maximum absolute atomic E-state index is 12.7. The molecule has 0 aliphatic carbocycles. The first-order valence-corrected chi connectivity index (χ1v) is 8.05. The van der Waals surface area contributed by atoms with Crippen LogP contribution in [0.5, 0.6) is 0 Å². The second-order valence-corrected chi connectivity index (χ2v) is 5.93. The van der Waals surface area contributed by atoms with E-state index in [-0.39, 0.29) is 18.3 Å². The molecule has 1 aromatic carbocycles. The molecule has 1 fully saturated rings. The van der Waals surface area contributed by atoms with Crippen molar-refractivity contribution in [1.82, 2.24) is 30.4 Å². The second-order valence-electron chi connectivity index (χ2n) is 5.93. The van der Waals surface area contributed by atoms with Crippen molar-refractivity contribution < 1.29 is 4.79 Å². The Bertz CT molecular complexity index is 640. The van der Waals surface area contributed by atoms with Crippen LogP contribution in [0.1, 0.15) is 29.6 Å². The van der Waals surface area contributed by atoms with Crippen LogP contribution in [0.15, 0.2) is 30.6 Å². The van der Waals surface area contributed by atoms with Crippen molar-refractivity contribution >= 4 is 18.3 Å². The Morgan fingerprint density at radius 1 is 1.33 bits per heavy atom. The Morgan fingerprint density at radius 3 is 2.79 bits per heavy atom. The van der Waals surface area contributed by atoms with Crippen molar-refractivity contribution in [3.8, 4) is 5.69 Å². The second kappa shape index (κ2) is 8.75. The molecule has 130 valence electrons. The normalized spacial score (nSPS) is 15.1. The summed E-state index contributed by atoms with van der Waals surface area (Å²) in [4.78, 5) is 14.6. The highest BCUT2D eigenvalue weighted by molar-refractivity contribution is 5.94. The molecule has 24 heavy (non-hydrogen) atoms. The van der Waals surface area contributed by atoms with Gasteiger partial charge in [-0.15, -0.1) is 17.5 Å². The molecule has 1 aliphatic rings.